The maximum atomic E-state index is 13.4. The molecule has 2 aromatic carbocycles. The van der Waals surface area contributed by atoms with E-state index in [1.54, 1.807) is 24.5 Å². The highest BCUT2D eigenvalue weighted by Crippen LogP contribution is 2.17. The molecule has 0 radical (unpaired) electrons. The molecule has 0 aliphatic carbocycles. The van der Waals surface area contributed by atoms with E-state index in [2.05, 4.69) is 4.98 Å². The third-order valence-electron chi connectivity index (χ3n) is 3.01. The minimum absolute atomic E-state index is 0.180. The zero-order valence-electron chi connectivity index (χ0n) is 11.3. The maximum Gasteiger partial charge on any atom is 0.198 e. The van der Waals surface area contributed by atoms with E-state index < -0.39 is 0 Å². The van der Waals surface area contributed by atoms with Gasteiger partial charge in [0.1, 0.15) is 18.6 Å². The van der Waals surface area contributed by atoms with E-state index in [1.807, 2.05) is 30.3 Å². The average Bonchev–Trinajstić information content (AvgIpc) is 2.95. The Kier molecular flexibility index (Phi) is 3.96. The fraction of sp³-hybridized carbons (Fsp3) is 0.118. The maximum absolute atomic E-state index is 13.4. The van der Waals surface area contributed by atoms with Crippen molar-refractivity contribution in [3.63, 3.8) is 0 Å². The standard InChI is InChI=1S/C17H14FNO2/c18-15-8-4-5-9-16(15)20-11-14-12-21-17(19-14)10-13-6-2-1-3-7-13/h1-9,12H,10-11H2. The molecule has 3 rings (SSSR count). The van der Waals surface area contributed by atoms with Crippen LogP contribution in [0.15, 0.2) is 65.3 Å². The third-order valence-corrected chi connectivity index (χ3v) is 3.01. The molecule has 0 aliphatic heterocycles. The Morgan fingerprint density at radius 2 is 1.76 bits per heavy atom. The molecule has 106 valence electrons. The largest absolute Gasteiger partial charge is 0.484 e. The van der Waals surface area contributed by atoms with Gasteiger partial charge in [-0.2, -0.15) is 0 Å². The van der Waals surface area contributed by atoms with Crippen molar-refractivity contribution in [3.8, 4) is 5.75 Å². The van der Waals surface area contributed by atoms with Crippen LogP contribution in [0.2, 0.25) is 0 Å². The van der Waals surface area contributed by atoms with Crippen molar-refractivity contribution in [2.75, 3.05) is 0 Å². The van der Waals surface area contributed by atoms with Crippen LogP contribution < -0.4 is 4.74 Å². The van der Waals surface area contributed by atoms with Gasteiger partial charge in [-0.25, -0.2) is 9.37 Å². The lowest BCUT2D eigenvalue weighted by Crippen LogP contribution is -1.98. The van der Waals surface area contributed by atoms with Crippen LogP contribution in [0.25, 0.3) is 0 Å². The van der Waals surface area contributed by atoms with Crippen molar-refractivity contribution in [2.45, 2.75) is 13.0 Å². The molecule has 0 saturated heterocycles. The lowest BCUT2D eigenvalue weighted by molar-refractivity contribution is 0.285. The Balaban J connectivity index is 1.62. The fourth-order valence-corrected chi connectivity index (χ4v) is 1.98. The lowest BCUT2D eigenvalue weighted by Gasteiger charge is -2.04. The summed E-state index contributed by atoms with van der Waals surface area (Å²) in [6.07, 6.45) is 2.17. The summed E-state index contributed by atoms with van der Waals surface area (Å²) in [6.45, 7) is 0.180. The molecule has 3 nitrogen and oxygen atoms in total. The smallest absolute Gasteiger partial charge is 0.198 e. The lowest BCUT2D eigenvalue weighted by atomic mass is 10.1. The number of hydrogen-bond donors (Lipinski definition) is 0. The first-order chi connectivity index (χ1) is 10.3. The topological polar surface area (TPSA) is 35.3 Å². The molecule has 21 heavy (non-hydrogen) atoms. The van der Waals surface area contributed by atoms with Crippen LogP contribution >= 0.6 is 0 Å². The molecular weight excluding hydrogens is 269 g/mol. The van der Waals surface area contributed by atoms with E-state index in [0.717, 1.165) is 5.56 Å². The summed E-state index contributed by atoms with van der Waals surface area (Å²) in [5.41, 5.74) is 1.77. The summed E-state index contributed by atoms with van der Waals surface area (Å²) < 4.78 is 24.2. The first-order valence-corrected chi connectivity index (χ1v) is 6.66. The van der Waals surface area contributed by atoms with Gasteiger partial charge >= 0.3 is 0 Å². The van der Waals surface area contributed by atoms with Gasteiger partial charge in [-0.15, -0.1) is 0 Å². The molecule has 1 heterocycles. The predicted octanol–water partition coefficient (Wildman–Crippen LogP) is 3.98. The molecule has 0 spiro atoms. The Labute approximate surface area is 122 Å². The van der Waals surface area contributed by atoms with Gasteiger partial charge in [-0.05, 0) is 17.7 Å². The van der Waals surface area contributed by atoms with Crippen LogP contribution in [0.5, 0.6) is 5.75 Å². The second kappa shape index (κ2) is 6.22. The molecule has 0 aliphatic rings. The van der Waals surface area contributed by atoms with Gasteiger partial charge in [-0.1, -0.05) is 42.5 Å². The van der Waals surface area contributed by atoms with E-state index in [-0.39, 0.29) is 18.2 Å². The van der Waals surface area contributed by atoms with Crippen LogP contribution in [0, 0.1) is 5.82 Å². The second-order valence-corrected chi connectivity index (χ2v) is 4.61. The third kappa shape index (κ3) is 3.48. The van der Waals surface area contributed by atoms with Crippen molar-refractivity contribution >= 4 is 0 Å². The first-order valence-electron chi connectivity index (χ1n) is 6.66. The molecule has 3 aromatic rings. The van der Waals surface area contributed by atoms with Gasteiger partial charge in [0.25, 0.3) is 0 Å². The van der Waals surface area contributed by atoms with Crippen molar-refractivity contribution in [3.05, 3.63) is 83.8 Å². The average molecular weight is 283 g/mol. The Hall–Kier alpha value is -2.62. The quantitative estimate of drug-likeness (QED) is 0.710. The van der Waals surface area contributed by atoms with Gasteiger partial charge in [0.05, 0.1) is 0 Å². The number of aromatic nitrogens is 1. The second-order valence-electron chi connectivity index (χ2n) is 4.61. The van der Waals surface area contributed by atoms with E-state index in [0.29, 0.717) is 18.0 Å². The highest BCUT2D eigenvalue weighted by Gasteiger charge is 2.07. The molecule has 1 aromatic heterocycles. The number of para-hydroxylation sites is 1. The van der Waals surface area contributed by atoms with Gasteiger partial charge in [0.2, 0.25) is 0 Å². The predicted molar refractivity (Wildman–Crippen MR) is 76.5 cm³/mol. The van der Waals surface area contributed by atoms with Crippen LogP contribution in [0.3, 0.4) is 0 Å². The van der Waals surface area contributed by atoms with E-state index >= 15 is 0 Å². The SMILES string of the molecule is Fc1ccccc1OCc1coc(Cc2ccccc2)n1. The van der Waals surface area contributed by atoms with E-state index in [9.17, 15) is 4.39 Å². The van der Waals surface area contributed by atoms with Gasteiger partial charge in [0, 0.05) is 6.42 Å². The summed E-state index contributed by atoms with van der Waals surface area (Å²) in [7, 11) is 0. The van der Waals surface area contributed by atoms with Crippen LogP contribution in [0.4, 0.5) is 4.39 Å². The van der Waals surface area contributed by atoms with Crippen LogP contribution in [0.1, 0.15) is 17.1 Å². The normalized spacial score (nSPS) is 10.5. The summed E-state index contributed by atoms with van der Waals surface area (Å²) in [5.74, 6) is 0.448. The molecule has 0 atom stereocenters. The monoisotopic (exact) mass is 283 g/mol. The highest BCUT2D eigenvalue weighted by atomic mass is 19.1. The van der Waals surface area contributed by atoms with Gasteiger partial charge in [0.15, 0.2) is 17.5 Å². The van der Waals surface area contributed by atoms with Gasteiger partial charge in [-0.3, -0.25) is 0 Å². The molecule has 4 heteroatoms. The van der Waals surface area contributed by atoms with Crippen molar-refractivity contribution in [1.29, 1.82) is 0 Å². The number of hydrogen-bond acceptors (Lipinski definition) is 3. The van der Waals surface area contributed by atoms with E-state index in [1.165, 1.54) is 6.07 Å². The number of halogens is 1. The number of ether oxygens (including phenoxy) is 1. The molecule has 0 N–H and O–H groups in total. The van der Waals surface area contributed by atoms with Crippen LogP contribution in [-0.4, -0.2) is 4.98 Å². The van der Waals surface area contributed by atoms with E-state index in [4.69, 9.17) is 9.15 Å². The van der Waals surface area contributed by atoms with Crippen molar-refractivity contribution in [2.24, 2.45) is 0 Å². The zero-order valence-corrected chi connectivity index (χ0v) is 11.3. The number of benzene rings is 2. The number of oxazole rings is 1. The number of rotatable bonds is 5. The molecular formula is C17H14FNO2. The highest BCUT2D eigenvalue weighted by molar-refractivity contribution is 5.24. The minimum Gasteiger partial charge on any atom is -0.484 e. The van der Waals surface area contributed by atoms with Gasteiger partial charge < -0.3 is 9.15 Å². The Morgan fingerprint density at radius 1 is 1.00 bits per heavy atom. The molecule has 0 unspecified atom stereocenters. The van der Waals surface area contributed by atoms with Crippen LogP contribution in [-0.2, 0) is 13.0 Å². The van der Waals surface area contributed by atoms with Crippen molar-refractivity contribution in [1.82, 2.24) is 4.98 Å². The Morgan fingerprint density at radius 3 is 2.57 bits per heavy atom. The summed E-state index contributed by atoms with van der Waals surface area (Å²) >= 11 is 0. The summed E-state index contributed by atoms with van der Waals surface area (Å²) in [4.78, 5) is 4.34. The molecule has 0 fully saturated rings. The first kappa shape index (κ1) is 13.4. The van der Waals surface area contributed by atoms with Crippen molar-refractivity contribution < 1.29 is 13.5 Å². The molecule has 0 bridgehead atoms. The molecule has 0 amide bonds. The number of nitrogens with zero attached hydrogens (tertiary/aromatic N) is 1. The minimum atomic E-state index is -0.384. The fourth-order valence-electron chi connectivity index (χ4n) is 1.98. The summed E-state index contributed by atoms with van der Waals surface area (Å²) in [5, 5.41) is 0. The Bertz CT molecular complexity index is 710. The zero-order chi connectivity index (χ0) is 14.5. The summed E-state index contributed by atoms with van der Waals surface area (Å²) in [6, 6.07) is 16.2. The molecule has 0 saturated carbocycles.